The number of hydrogen-bond donors (Lipinski definition) is 2. The molecular weight excluding hydrogens is 154 g/mol. The van der Waals surface area contributed by atoms with Crippen LogP contribution in [0.25, 0.3) is 0 Å². The molecule has 0 unspecified atom stereocenters. The van der Waals surface area contributed by atoms with Crippen LogP contribution >= 0.6 is 0 Å². The second-order valence-corrected chi connectivity index (χ2v) is 2.48. The molecule has 0 aliphatic rings. The Hall–Kier alpha value is -1.35. The number of ketones is 1. The summed E-state index contributed by atoms with van der Waals surface area (Å²) in [5, 5.41) is 9.25. The number of Topliss-reactive ketones (excluding diaryl/α,β-unsaturated/α-hetero) is 1. The number of para-hydroxylation sites is 1. The van der Waals surface area contributed by atoms with Crippen LogP contribution in [0.15, 0.2) is 24.3 Å². The first kappa shape index (κ1) is 8.74. The van der Waals surface area contributed by atoms with Crippen molar-refractivity contribution in [3.05, 3.63) is 29.8 Å². The minimum Gasteiger partial charge on any atom is -0.507 e. The van der Waals surface area contributed by atoms with Crippen LogP contribution in [0.3, 0.4) is 0 Å². The van der Waals surface area contributed by atoms with Crippen LogP contribution in [0, 0.1) is 0 Å². The van der Waals surface area contributed by atoms with E-state index in [0.717, 1.165) is 0 Å². The highest BCUT2D eigenvalue weighted by atomic mass is 16.3. The maximum atomic E-state index is 11.2. The van der Waals surface area contributed by atoms with Crippen molar-refractivity contribution in [1.82, 2.24) is 0 Å². The molecule has 1 aromatic rings. The lowest BCUT2D eigenvalue weighted by atomic mass is 10.1. The van der Waals surface area contributed by atoms with Gasteiger partial charge in [-0.15, -0.1) is 0 Å². The van der Waals surface area contributed by atoms with Gasteiger partial charge in [-0.1, -0.05) is 12.1 Å². The van der Waals surface area contributed by atoms with Gasteiger partial charge in [0.2, 0.25) is 0 Å². The molecule has 0 spiro atoms. The Kier molecular flexibility index (Phi) is 2.82. The van der Waals surface area contributed by atoms with Gasteiger partial charge in [0.05, 0.1) is 5.56 Å². The Labute approximate surface area is 70.8 Å². The van der Waals surface area contributed by atoms with Crippen molar-refractivity contribution in [1.29, 1.82) is 0 Å². The fourth-order valence-electron chi connectivity index (χ4n) is 0.975. The van der Waals surface area contributed by atoms with Crippen LogP contribution in [0.4, 0.5) is 0 Å². The highest BCUT2D eigenvalue weighted by Gasteiger charge is 2.07. The molecule has 0 saturated carbocycles. The van der Waals surface area contributed by atoms with Crippen molar-refractivity contribution in [3.8, 4) is 5.75 Å². The number of carbonyl (C=O) groups excluding carboxylic acids is 1. The summed E-state index contributed by atoms with van der Waals surface area (Å²) in [5.41, 5.74) is 5.56. The van der Waals surface area contributed by atoms with Gasteiger partial charge in [-0.2, -0.15) is 0 Å². The first-order chi connectivity index (χ1) is 5.75. The van der Waals surface area contributed by atoms with E-state index in [9.17, 15) is 9.90 Å². The van der Waals surface area contributed by atoms with Crippen LogP contribution in [0.2, 0.25) is 0 Å². The number of phenolic OH excluding ortho intramolecular Hbond substituents is 1. The largest absolute Gasteiger partial charge is 0.507 e. The van der Waals surface area contributed by atoms with Crippen molar-refractivity contribution in [3.63, 3.8) is 0 Å². The number of nitrogens with two attached hydrogens (primary N) is 1. The fraction of sp³-hybridized carbons (Fsp3) is 0.222. The molecule has 0 fully saturated rings. The van der Waals surface area contributed by atoms with Crippen molar-refractivity contribution in [2.24, 2.45) is 5.73 Å². The molecule has 1 aromatic carbocycles. The molecule has 0 saturated heterocycles. The summed E-state index contributed by atoms with van der Waals surface area (Å²) in [7, 11) is 0. The summed E-state index contributed by atoms with van der Waals surface area (Å²) < 4.78 is 0. The lowest BCUT2D eigenvalue weighted by molar-refractivity contribution is 0.0983. The predicted octanol–water partition coefficient (Wildman–Crippen LogP) is 0.924. The molecule has 3 nitrogen and oxygen atoms in total. The number of aromatic hydroxyl groups is 1. The maximum absolute atomic E-state index is 11.2. The third-order valence-corrected chi connectivity index (χ3v) is 1.58. The highest BCUT2D eigenvalue weighted by Crippen LogP contribution is 2.16. The van der Waals surface area contributed by atoms with E-state index >= 15 is 0 Å². The molecule has 0 atom stereocenters. The van der Waals surface area contributed by atoms with E-state index in [1.807, 2.05) is 0 Å². The van der Waals surface area contributed by atoms with Gasteiger partial charge >= 0.3 is 0 Å². The summed E-state index contributed by atoms with van der Waals surface area (Å²) in [5.74, 6) is -0.0912. The number of phenols is 1. The van der Waals surface area contributed by atoms with E-state index in [1.54, 1.807) is 18.2 Å². The van der Waals surface area contributed by atoms with Gasteiger partial charge in [0.15, 0.2) is 5.78 Å². The lowest BCUT2D eigenvalue weighted by Crippen LogP contribution is -2.07. The minimum atomic E-state index is -0.115. The van der Waals surface area contributed by atoms with Crippen LogP contribution in [-0.2, 0) is 0 Å². The highest BCUT2D eigenvalue weighted by molar-refractivity contribution is 5.98. The van der Waals surface area contributed by atoms with Gasteiger partial charge in [0, 0.05) is 6.42 Å². The molecule has 0 aromatic heterocycles. The zero-order chi connectivity index (χ0) is 8.97. The van der Waals surface area contributed by atoms with E-state index in [1.165, 1.54) is 6.07 Å². The Balaban J connectivity index is 2.87. The average molecular weight is 165 g/mol. The van der Waals surface area contributed by atoms with Gasteiger partial charge in [0.25, 0.3) is 0 Å². The van der Waals surface area contributed by atoms with Crippen LogP contribution < -0.4 is 5.73 Å². The van der Waals surface area contributed by atoms with Crippen LogP contribution in [-0.4, -0.2) is 17.4 Å². The number of carbonyl (C=O) groups is 1. The summed E-state index contributed by atoms with van der Waals surface area (Å²) in [6, 6.07) is 6.47. The van der Waals surface area contributed by atoms with Gasteiger partial charge in [0.1, 0.15) is 5.75 Å². The monoisotopic (exact) mass is 165 g/mol. The smallest absolute Gasteiger partial charge is 0.167 e. The molecular formula is C9H11NO2. The van der Waals surface area contributed by atoms with E-state index in [2.05, 4.69) is 0 Å². The first-order valence-electron chi connectivity index (χ1n) is 3.77. The van der Waals surface area contributed by atoms with E-state index in [0.29, 0.717) is 12.1 Å². The standard InChI is InChI=1S/C9H11NO2/c10-6-5-9(12)7-3-1-2-4-8(7)11/h1-4,11H,5-6,10H2. The zero-order valence-corrected chi connectivity index (χ0v) is 6.66. The summed E-state index contributed by atoms with van der Waals surface area (Å²) >= 11 is 0. The van der Waals surface area contributed by atoms with Crippen molar-refractivity contribution >= 4 is 5.78 Å². The van der Waals surface area contributed by atoms with E-state index in [4.69, 9.17) is 5.73 Å². The molecule has 0 bridgehead atoms. The first-order valence-corrected chi connectivity index (χ1v) is 3.77. The molecule has 1 rings (SSSR count). The quantitative estimate of drug-likeness (QED) is 0.655. The molecule has 0 heterocycles. The van der Waals surface area contributed by atoms with Gasteiger partial charge in [-0.25, -0.2) is 0 Å². The normalized spacial score (nSPS) is 9.75. The fourth-order valence-corrected chi connectivity index (χ4v) is 0.975. The zero-order valence-electron chi connectivity index (χ0n) is 6.66. The van der Waals surface area contributed by atoms with Crippen molar-refractivity contribution in [2.75, 3.05) is 6.54 Å². The molecule has 12 heavy (non-hydrogen) atoms. The topological polar surface area (TPSA) is 63.3 Å². The van der Waals surface area contributed by atoms with Crippen LogP contribution in [0.5, 0.6) is 5.75 Å². The van der Waals surface area contributed by atoms with E-state index in [-0.39, 0.29) is 18.0 Å². The lowest BCUT2D eigenvalue weighted by Gasteiger charge is -2.00. The summed E-state index contributed by atoms with van der Waals surface area (Å²) in [6.45, 7) is 0.313. The third-order valence-electron chi connectivity index (χ3n) is 1.58. The predicted molar refractivity (Wildman–Crippen MR) is 46.1 cm³/mol. The summed E-state index contributed by atoms with van der Waals surface area (Å²) in [4.78, 5) is 11.2. The molecule has 0 aliphatic heterocycles. The van der Waals surface area contributed by atoms with E-state index < -0.39 is 0 Å². The Morgan fingerprint density at radius 2 is 2.08 bits per heavy atom. The minimum absolute atomic E-state index is 0.0240. The number of benzene rings is 1. The molecule has 0 radical (unpaired) electrons. The molecule has 0 aliphatic carbocycles. The van der Waals surface area contributed by atoms with Gasteiger partial charge in [-0.05, 0) is 18.7 Å². The second kappa shape index (κ2) is 3.88. The molecule has 3 heteroatoms. The second-order valence-electron chi connectivity index (χ2n) is 2.48. The van der Waals surface area contributed by atoms with Crippen molar-refractivity contribution in [2.45, 2.75) is 6.42 Å². The molecule has 64 valence electrons. The van der Waals surface area contributed by atoms with Crippen molar-refractivity contribution < 1.29 is 9.90 Å². The molecule has 0 amide bonds. The van der Waals surface area contributed by atoms with Crippen LogP contribution in [0.1, 0.15) is 16.8 Å². The Morgan fingerprint density at radius 3 is 2.67 bits per heavy atom. The number of rotatable bonds is 3. The SMILES string of the molecule is NCCC(=O)c1ccccc1O. The number of hydrogen-bond acceptors (Lipinski definition) is 3. The summed E-state index contributed by atoms with van der Waals surface area (Å²) in [6.07, 6.45) is 0.275. The maximum Gasteiger partial charge on any atom is 0.167 e. The Morgan fingerprint density at radius 1 is 1.42 bits per heavy atom. The van der Waals surface area contributed by atoms with Gasteiger partial charge in [-0.3, -0.25) is 4.79 Å². The Bertz CT molecular complexity index is 284. The van der Waals surface area contributed by atoms with Gasteiger partial charge < -0.3 is 10.8 Å². The third kappa shape index (κ3) is 1.83. The molecule has 3 N–H and O–H groups in total. The average Bonchev–Trinajstić information content (AvgIpc) is 2.05.